The maximum Gasteiger partial charge on any atom is 0.298 e. The zero-order valence-corrected chi connectivity index (χ0v) is 24.6. The molecule has 2 aliphatic heterocycles. The minimum absolute atomic E-state index is 0.117. The lowest BCUT2D eigenvalue weighted by atomic mass is 9.82. The van der Waals surface area contributed by atoms with Crippen molar-refractivity contribution in [2.24, 2.45) is 0 Å². The second-order valence-electron chi connectivity index (χ2n) is 12.3. The first-order valence-electron chi connectivity index (χ1n) is 15.4. The fourth-order valence-electron chi connectivity index (χ4n) is 6.42. The van der Waals surface area contributed by atoms with Gasteiger partial charge in [0.25, 0.3) is 6.47 Å². The van der Waals surface area contributed by atoms with Crippen molar-refractivity contribution in [3.63, 3.8) is 0 Å². The summed E-state index contributed by atoms with van der Waals surface area (Å²) in [6.45, 7) is 4.37. The Bertz CT molecular complexity index is 1640. The van der Waals surface area contributed by atoms with Crippen molar-refractivity contribution in [2.75, 3.05) is 26.3 Å². The van der Waals surface area contributed by atoms with E-state index in [0.29, 0.717) is 56.3 Å². The van der Waals surface area contributed by atoms with Crippen molar-refractivity contribution in [3.8, 4) is 11.6 Å². The highest BCUT2D eigenvalue weighted by molar-refractivity contribution is 5.78. The van der Waals surface area contributed by atoms with Gasteiger partial charge < -0.3 is 18.8 Å². The number of piperidine rings is 1. The number of alkyl halides is 1. The minimum atomic E-state index is -1.23. The van der Waals surface area contributed by atoms with Crippen LogP contribution in [0.15, 0.2) is 54.6 Å². The lowest BCUT2D eigenvalue weighted by Gasteiger charge is -2.35. The van der Waals surface area contributed by atoms with E-state index >= 15 is 4.39 Å². The van der Waals surface area contributed by atoms with E-state index in [-0.39, 0.29) is 30.8 Å². The topological polar surface area (TPSA) is 78.7 Å². The molecule has 3 aliphatic rings. The molecule has 2 saturated heterocycles. The summed E-state index contributed by atoms with van der Waals surface area (Å²) in [6.07, 6.45) is 3.83. The quantitative estimate of drug-likeness (QED) is 0.193. The molecule has 2 aromatic carbocycles. The van der Waals surface area contributed by atoms with Gasteiger partial charge in [-0.15, -0.1) is 0 Å². The van der Waals surface area contributed by atoms with Crippen molar-refractivity contribution >= 4 is 17.5 Å². The van der Waals surface area contributed by atoms with Gasteiger partial charge in [-0.1, -0.05) is 18.2 Å². The number of halogens is 2. The van der Waals surface area contributed by atoms with E-state index in [1.807, 2.05) is 34.9 Å². The largest absolute Gasteiger partial charge is 0.473 e. The first-order valence-corrected chi connectivity index (χ1v) is 15.4. The SMILES string of the molecule is O=COc1ccc2nc(CN3CCC(c4cccc(OCc5ccc(C6COC6)cc5F)n4)CC3)n(CC3(F)CCC3)c2c1. The Labute approximate surface area is 255 Å². The molecule has 44 heavy (non-hydrogen) atoms. The summed E-state index contributed by atoms with van der Waals surface area (Å²) in [6, 6.07) is 16.4. The molecular formula is C34H36F2N4O4. The summed E-state index contributed by atoms with van der Waals surface area (Å²) >= 11 is 0. The zero-order valence-electron chi connectivity index (χ0n) is 24.6. The lowest BCUT2D eigenvalue weighted by molar-refractivity contribution is -0.120. The number of hydrogen-bond donors (Lipinski definition) is 0. The van der Waals surface area contributed by atoms with Crippen LogP contribution in [-0.4, -0.2) is 57.9 Å². The van der Waals surface area contributed by atoms with Crippen LogP contribution in [0.4, 0.5) is 8.78 Å². The molecule has 2 aromatic heterocycles. The fraction of sp³-hybridized carbons (Fsp3) is 0.441. The summed E-state index contributed by atoms with van der Waals surface area (Å²) in [5, 5.41) is 0. The van der Waals surface area contributed by atoms with Crippen LogP contribution in [0.3, 0.4) is 0 Å². The van der Waals surface area contributed by atoms with Gasteiger partial charge in [0.05, 0.1) is 37.3 Å². The van der Waals surface area contributed by atoms with E-state index in [4.69, 9.17) is 24.2 Å². The second kappa shape index (κ2) is 12.2. The molecule has 0 N–H and O–H groups in total. The van der Waals surface area contributed by atoms with Gasteiger partial charge in [-0.2, -0.15) is 0 Å². The van der Waals surface area contributed by atoms with Crippen molar-refractivity contribution < 1.29 is 27.8 Å². The number of rotatable bonds is 11. The lowest BCUT2D eigenvalue weighted by Crippen LogP contribution is -2.38. The third kappa shape index (κ3) is 6.05. The Morgan fingerprint density at radius 1 is 1.02 bits per heavy atom. The van der Waals surface area contributed by atoms with Crippen LogP contribution in [0.25, 0.3) is 11.0 Å². The van der Waals surface area contributed by atoms with Crippen molar-refractivity contribution in [3.05, 3.63) is 83.1 Å². The summed E-state index contributed by atoms with van der Waals surface area (Å²) < 4.78 is 48.2. The molecule has 230 valence electrons. The van der Waals surface area contributed by atoms with E-state index in [0.717, 1.165) is 60.5 Å². The van der Waals surface area contributed by atoms with Crippen LogP contribution in [0.2, 0.25) is 0 Å². The summed E-state index contributed by atoms with van der Waals surface area (Å²) in [5.74, 6) is 2.02. The van der Waals surface area contributed by atoms with Crippen LogP contribution in [-0.2, 0) is 29.2 Å². The number of imidazole rings is 1. The van der Waals surface area contributed by atoms with E-state index < -0.39 is 5.67 Å². The van der Waals surface area contributed by atoms with Crippen LogP contribution in [0.1, 0.15) is 66.6 Å². The van der Waals surface area contributed by atoms with Gasteiger partial charge in [-0.3, -0.25) is 9.69 Å². The Balaban J connectivity index is 0.988. The smallest absolute Gasteiger partial charge is 0.298 e. The third-order valence-corrected chi connectivity index (χ3v) is 9.35. The highest BCUT2D eigenvalue weighted by Gasteiger charge is 2.38. The fourth-order valence-corrected chi connectivity index (χ4v) is 6.42. The average molecular weight is 603 g/mol. The normalized spacial score (nSPS) is 19.0. The molecule has 0 atom stereocenters. The molecule has 1 aliphatic carbocycles. The molecule has 0 amide bonds. The summed E-state index contributed by atoms with van der Waals surface area (Å²) in [4.78, 5) is 22.9. The van der Waals surface area contributed by atoms with Crippen molar-refractivity contribution in [2.45, 2.75) is 69.3 Å². The van der Waals surface area contributed by atoms with Crippen LogP contribution >= 0.6 is 0 Å². The van der Waals surface area contributed by atoms with Gasteiger partial charge in [0.1, 0.15) is 29.7 Å². The molecule has 4 heterocycles. The minimum Gasteiger partial charge on any atom is -0.473 e. The number of aromatic nitrogens is 3. The molecule has 7 rings (SSSR count). The number of nitrogens with zero attached hydrogens (tertiary/aromatic N) is 4. The number of benzene rings is 2. The first-order chi connectivity index (χ1) is 21.5. The number of hydrogen-bond acceptors (Lipinski definition) is 7. The number of carbonyl (C=O) groups excluding carboxylic acids is 1. The van der Waals surface area contributed by atoms with Crippen molar-refractivity contribution in [1.82, 2.24) is 19.4 Å². The monoisotopic (exact) mass is 602 g/mol. The number of likely N-dealkylation sites (tertiary alicyclic amines) is 1. The molecule has 1 saturated carbocycles. The van der Waals surface area contributed by atoms with Gasteiger partial charge in [-0.25, -0.2) is 18.7 Å². The Kier molecular flexibility index (Phi) is 8.03. The van der Waals surface area contributed by atoms with Crippen LogP contribution in [0, 0.1) is 5.82 Å². The number of pyridine rings is 1. The van der Waals surface area contributed by atoms with Gasteiger partial charge in [0.15, 0.2) is 0 Å². The number of carbonyl (C=O) groups is 1. The summed E-state index contributed by atoms with van der Waals surface area (Å²) in [7, 11) is 0. The average Bonchev–Trinajstić information content (AvgIpc) is 3.31. The molecule has 8 nitrogen and oxygen atoms in total. The molecule has 0 unspecified atom stereocenters. The predicted octanol–water partition coefficient (Wildman–Crippen LogP) is 6.07. The van der Waals surface area contributed by atoms with Crippen LogP contribution in [0.5, 0.6) is 11.6 Å². The third-order valence-electron chi connectivity index (χ3n) is 9.35. The summed E-state index contributed by atoms with van der Waals surface area (Å²) in [5.41, 5.74) is 2.76. The molecular weight excluding hydrogens is 566 g/mol. The molecule has 10 heteroatoms. The Hall–Kier alpha value is -3.89. The van der Waals surface area contributed by atoms with E-state index in [1.54, 1.807) is 24.3 Å². The number of fused-ring (bicyclic) bond motifs is 1. The Morgan fingerprint density at radius 3 is 2.57 bits per heavy atom. The highest BCUT2D eigenvalue weighted by Crippen LogP contribution is 2.39. The predicted molar refractivity (Wildman–Crippen MR) is 160 cm³/mol. The molecule has 4 aromatic rings. The van der Waals surface area contributed by atoms with Crippen molar-refractivity contribution in [1.29, 1.82) is 0 Å². The van der Waals surface area contributed by atoms with Gasteiger partial charge in [0.2, 0.25) is 5.88 Å². The molecule has 0 radical (unpaired) electrons. The number of ether oxygens (including phenoxy) is 3. The maximum absolute atomic E-state index is 15.3. The van der Waals surface area contributed by atoms with Gasteiger partial charge in [0, 0.05) is 35.2 Å². The van der Waals surface area contributed by atoms with Gasteiger partial charge in [-0.05, 0) is 75.0 Å². The zero-order chi connectivity index (χ0) is 30.1. The Morgan fingerprint density at radius 2 is 1.86 bits per heavy atom. The van der Waals surface area contributed by atoms with E-state index in [1.165, 1.54) is 0 Å². The standard InChI is InChI=1S/C34H36F2N4O4/c35-28-15-24(26-18-42-19-26)5-6-25(28)20-43-33-4-1-3-29(38-33)23-9-13-39(14-10-23)17-32-37-30-8-7-27(44-22-41)16-31(30)40(32)21-34(36)11-2-12-34/h1,3-8,15-16,22-23,26H,2,9-14,17-21H2. The highest BCUT2D eigenvalue weighted by atomic mass is 19.1. The maximum atomic E-state index is 15.3. The van der Waals surface area contributed by atoms with Gasteiger partial charge >= 0.3 is 0 Å². The first kappa shape index (κ1) is 28.9. The second-order valence-corrected chi connectivity index (χ2v) is 12.3. The van der Waals surface area contributed by atoms with Crippen LogP contribution < -0.4 is 9.47 Å². The van der Waals surface area contributed by atoms with E-state index in [9.17, 15) is 9.18 Å². The van der Waals surface area contributed by atoms with E-state index in [2.05, 4.69) is 4.90 Å². The molecule has 0 bridgehead atoms. The molecule has 0 spiro atoms. The molecule has 3 fully saturated rings.